The normalized spacial score (nSPS) is 18.6. The van der Waals surface area contributed by atoms with Gasteiger partial charge in [0.25, 0.3) is 5.56 Å². The molecule has 134 valence electrons. The van der Waals surface area contributed by atoms with Crippen LogP contribution in [0.3, 0.4) is 0 Å². The lowest BCUT2D eigenvalue weighted by Crippen LogP contribution is -2.47. The maximum absolute atomic E-state index is 12.2. The maximum Gasteiger partial charge on any atom is 0.267 e. The minimum Gasteiger partial charge on any atom is -0.338 e. The number of aryl methyl sites for hydroxylation is 3. The van der Waals surface area contributed by atoms with Crippen molar-refractivity contribution < 1.29 is 4.52 Å². The second-order valence-corrected chi connectivity index (χ2v) is 6.88. The van der Waals surface area contributed by atoms with Crippen molar-refractivity contribution in [3.63, 3.8) is 0 Å². The molecule has 1 saturated heterocycles. The highest BCUT2D eigenvalue weighted by molar-refractivity contribution is 5.22. The van der Waals surface area contributed by atoms with E-state index in [0.29, 0.717) is 24.8 Å². The Balaban J connectivity index is 1.27. The summed E-state index contributed by atoms with van der Waals surface area (Å²) in [6.07, 6.45) is 3.12. The summed E-state index contributed by atoms with van der Waals surface area (Å²) >= 11 is 0. The predicted octanol–water partition coefficient (Wildman–Crippen LogP) is 0.241. The molecule has 2 aliphatic rings. The van der Waals surface area contributed by atoms with Crippen molar-refractivity contribution in [2.75, 3.05) is 32.7 Å². The number of hydrogen-bond donors (Lipinski definition) is 0. The quantitative estimate of drug-likeness (QED) is 0.769. The van der Waals surface area contributed by atoms with Crippen molar-refractivity contribution in [3.05, 3.63) is 39.4 Å². The van der Waals surface area contributed by atoms with Crippen molar-refractivity contribution in [1.82, 2.24) is 29.7 Å². The number of rotatable bonds is 5. The van der Waals surface area contributed by atoms with Crippen LogP contribution < -0.4 is 5.56 Å². The second kappa shape index (κ2) is 7.05. The first-order valence-corrected chi connectivity index (χ1v) is 9.01. The summed E-state index contributed by atoms with van der Waals surface area (Å²) < 4.78 is 6.82. The van der Waals surface area contributed by atoms with E-state index in [1.807, 2.05) is 6.92 Å². The summed E-state index contributed by atoms with van der Waals surface area (Å²) in [4.78, 5) is 21.1. The van der Waals surface area contributed by atoms with Gasteiger partial charge in [-0.25, -0.2) is 4.68 Å². The fraction of sp³-hybridized carbons (Fsp3) is 0.647. The fourth-order valence-electron chi connectivity index (χ4n) is 3.60. The number of aromatic nitrogens is 4. The van der Waals surface area contributed by atoms with Crippen LogP contribution in [-0.2, 0) is 25.9 Å². The Bertz CT molecular complexity index is 791. The lowest BCUT2D eigenvalue weighted by Gasteiger charge is -2.33. The minimum absolute atomic E-state index is 0.0334. The molecule has 0 amide bonds. The molecule has 4 rings (SSSR count). The van der Waals surface area contributed by atoms with Gasteiger partial charge in [0.05, 0.1) is 18.8 Å². The van der Waals surface area contributed by atoms with Gasteiger partial charge >= 0.3 is 0 Å². The Morgan fingerprint density at radius 3 is 2.68 bits per heavy atom. The molecule has 0 unspecified atom stereocenters. The molecule has 2 aromatic rings. The molecule has 1 aliphatic heterocycles. The zero-order valence-electron chi connectivity index (χ0n) is 14.6. The second-order valence-electron chi connectivity index (χ2n) is 6.88. The molecule has 25 heavy (non-hydrogen) atoms. The van der Waals surface area contributed by atoms with Gasteiger partial charge in [0.15, 0.2) is 5.82 Å². The first-order valence-electron chi connectivity index (χ1n) is 9.01. The molecule has 0 N–H and O–H groups in total. The molecule has 2 aromatic heterocycles. The first-order chi connectivity index (χ1) is 12.2. The molecule has 8 nitrogen and oxygen atoms in total. The van der Waals surface area contributed by atoms with E-state index >= 15 is 0 Å². The molecule has 0 spiro atoms. The Morgan fingerprint density at radius 1 is 1.12 bits per heavy atom. The Morgan fingerprint density at radius 2 is 1.92 bits per heavy atom. The third-order valence-corrected chi connectivity index (χ3v) is 5.05. The van der Waals surface area contributed by atoms with E-state index in [1.165, 1.54) is 0 Å². The Hall–Kier alpha value is -2.06. The van der Waals surface area contributed by atoms with Crippen molar-refractivity contribution in [3.8, 4) is 0 Å². The molecule has 8 heteroatoms. The SMILES string of the molecule is Cc1noc(CN2CCN(CCn3nc4c(cc3=O)CCC4)CC2)n1. The van der Waals surface area contributed by atoms with E-state index < -0.39 is 0 Å². The molecular formula is C17H24N6O2. The van der Waals surface area contributed by atoms with Crippen LogP contribution in [0.15, 0.2) is 15.4 Å². The lowest BCUT2D eigenvalue weighted by molar-refractivity contribution is 0.113. The van der Waals surface area contributed by atoms with Crippen LogP contribution in [0.2, 0.25) is 0 Å². The summed E-state index contributed by atoms with van der Waals surface area (Å²) in [6, 6.07) is 1.78. The van der Waals surface area contributed by atoms with Crippen LogP contribution in [0.1, 0.15) is 29.4 Å². The molecular weight excluding hydrogens is 320 g/mol. The van der Waals surface area contributed by atoms with E-state index in [0.717, 1.165) is 63.2 Å². The molecule has 0 aromatic carbocycles. The molecule has 0 saturated carbocycles. The smallest absolute Gasteiger partial charge is 0.267 e. The fourth-order valence-corrected chi connectivity index (χ4v) is 3.60. The van der Waals surface area contributed by atoms with Crippen molar-refractivity contribution in [2.24, 2.45) is 0 Å². The van der Waals surface area contributed by atoms with Crippen LogP contribution in [0.4, 0.5) is 0 Å². The number of hydrogen-bond acceptors (Lipinski definition) is 7. The minimum atomic E-state index is 0.0334. The Labute approximate surface area is 146 Å². The average molecular weight is 344 g/mol. The highest BCUT2D eigenvalue weighted by Gasteiger charge is 2.20. The van der Waals surface area contributed by atoms with Gasteiger partial charge in [-0.05, 0) is 31.7 Å². The molecule has 3 heterocycles. The highest BCUT2D eigenvalue weighted by Crippen LogP contribution is 2.17. The summed E-state index contributed by atoms with van der Waals surface area (Å²) in [7, 11) is 0. The largest absolute Gasteiger partial charge is 0.338 e. The summed E-state index contributed by atoms with van der Waals surface area (Å²) in [5.74, 6) is 1.36. The first kappa shape index (κ1) is 16.4. The van der Waals surface area contributed by atoms with E-state index in [2.05, 4.69) is 25.0 Å². The van der Waals surface area contributed by atoms with E-state index in [1.54, 1.807) is 10.7 Å². The van der Waals surface area contributed by atoms with Crippen molar-refractivity contribution in [2.45, 2.75) is 39.3 Å². The molecule has 0 atom stereocenters. The van der Waals surface area contributed by atoms with Crippen LogP contribution in [-0.4, -0.2) is 62.4 Å². The third-order valence-electron chi connectivity index (χ3n) is 5.05. The van der Waals surface area contributed by atoms with Gasteiger partial charge in [-0.3, -0.25) is 14.6 Å². The van der Waals surface area contributed by atoms with Gasteiger partial charge in [0.1, 0.15) is 0 Å². The van der Waals surface area contributed by atoms with E-state index in [4.69, 9.17) is 4.52 Å². The van der Waals surface area contributed by atoms with Crippen molar-refractivity contribution in [1.29, 1.82) is 0 Å². The van der Waals surface area contributed by atoms with Crippen LogP contribution in [0.5, 0.6) is 0 Å². The van der Waals surface area contributed by atoms with Crippen LogP contribution >= 0.6 is 0 Å². The monoisotopic (exact) mass is 344 g/mol. The molecule has 1 fully saturated rings. The van der Waals surface area contributed by atoms with Gasteiger partial charge < -0.3 is 4.52 Å². The number of piperazine rings is 1. The van der Waals surface area contributed by atoms with Crippen LogP contribution in [0, 0.1) is 6.92 Å². The summed E-state index contributed by atoms with van der Waals surface area (Å²) in [5.41, 5.74) is 2.29. The standard InChI is InChI=1S/C17H24N6O2/c1-13-18-16(25-20-13)12-22-7-5-21(6-8-22)9-10-23-17(24)11-14-3-2-4-15(14)19-23/h11H,2-10,12H2,1H3. The van der Waals surface area contributed by atoms with Gasteiger partial charge in [0.2, 0.25) is 5.89 Å². The molecule has 0 radical (unpaired) electrons. The Kier molecular flexibility index (Phi) is 4.63. The maximum atomic E-state index is 12.2. The lowest BCUT2D eigenvalue weighted by atomic mass is 10.2. The zero-order valence-corrected chi connectivity index (χ0v) is 14.6. The average Bonchev–Trinajstić information content (AvgIpc) is 3.22. The number of fused-ring (bicyclic) bond motifs is 1. The molecule has 0 bridgehead atoms. The third kappa shape index (κ3) is 3.80. The van der Waals surface area contributed by atoms with Gasteiger partial charge in [-0.2, -0.15) is 10.1 Å². The van der Waals surface area contributed by atoms with E-state index in [-0.39, 0.29) is 5.56 Å². The van der Waals surface area contributed by atoms with Gasteiger partial charge in [-0.1, -0.05) is 5.16 Å². The van der Waals surface area contributed by atoms with Gasteiger partial charge in [0, 0.05) is 38.8 Å². The summed E-state index contributed by atoms with van der Waals surface area (Å²) in [6.45, 7) is 7.95. The van der Waals surface area contributed by atoms with Crippen molar-refractivity contribution >= 4 is 0 Å². The molecule has 1 aliphatic carbocycles. The van der Waals surface area contributed by atoms with E-state index in [9.17, 15) is 4.79 Å². The topological polar surface area (TPSA) is 80.3 Å². The number of nitrogens with zero attached hydrogens (tertiary/aromatic N) is 6. The zero-order chi connectivity index (χ0) is 17.2. The van der Waals surface area contributed by atoms with Crippen LogP contribution in [0.25, 0.3) is 0 Å². The summed E-state index contributed by atoms with van der Waals surface area (Å²) in [5, 5.41) is 8.38. The predicted molar refractivity (Wildman–Crippen MR) is 91.3 cm³/mol. The van der Waals surface area contributed by atoms with Gasteiger partial charge in [-0.15, -0.1) is 0 Å². The highest BCUT2D eigenvalue weighted by atomic mass is 16.5.